The van der Waals surface area contributed by atoms with Gasteiger partial charge in [0.1, 0.15) is 5.82 Å². The molecule has 0 aromatic carbocycles. The Morgan fingerprint density at radius 2 is 2.47 bits per heavy atom. The third-order valence-electron chi connectivity index (χ3n) is 2.51. The standard InChI is InChI=1S/C11H16N4O2/c1-2-17-7-3-6-12-11(16)10-13-9(14-15-10)8-4-5-8/h2,8H,1,3-7H2,(H,12,16)(H,13,14,15). The first-order valence-electron chi connectivity index (χ1n) is 5.74. The maximum atomic E-state index is 11.6. The lowest BCUT2D eigenvalue weighted by molar-refractivity contribution is 0.0940. The number of nitrogens with zero attached hydrogens (tertiary/aromatic N) is 2. The second-order valence-corrected chi connectivity index (χ2v) is 3.97. The second kappa shape index (κ2) is 5.47. The zero-order valence-electron chi connectivity index (χ0n) is 9.61. The van der Waals surface area contributed by atoms with Crippen molar-refractivity contribution in [2.75, 3.05) is 13.2 Å². The van der Waals surface area contributed by atoms with Crippen molar-refractivity contribution < 1.29 is 9.53 Å². The summed E-state index contributed by atoms with van der Waals surface area (Å²) in [6.07, 6.45) is 4.39. The van der Waals surface area contributed by atoms with E-state index in [1.165, 1.54) is 6.26 Å². The van der Waals surface area contributed by atoms with Gasteiger partial charge in [0.15, 0.2) is 0 Å². The zero-order chi connectivity index (χ0) is 12.1. The number of aromatic nitrogens is 3. The minimum atomic E-state index is -0.244. The lowest BCUT2D eigenvalue weighted by atomic mass is 10.4. The van der Waals surface area contributed by atoms with Crippen LogP contribution in [0.15, 0.2) is 12.8 Å². The van der Waals surface area contributed by atoms with Gasteiger partial charge in [-0.25, -0.2) is 4.98 Å². The molecule has 1 aliphatic rings. The molecule has 0 aliphatic heterocycles. The fourth-order valence-corrected chi connectivity index (χ4v) is 1.44. The van der Waals surface area contributed by atoms with Crippen molar-refractivity contribution in [1.29, 1.82) is 0 Å². The molecule has 1 fully saturated rings. The summed E-state index contributed by atoms with van der Waals surface area (Å²) >= 11 is 0. The molecule has 1 aliphatic carbocycles. The lowest BCUT2D eigenvalue weighted by Crippen LogP contribution is -2.26. The predicted octanol–water partition coefficient (Wildman–Crippen LogP) is 0.962. The van der Waals surface area contributed by atoms with Crippen LogP contribution in [0.3, 0.4) is 0 Å². The van der Waals surface area contributed by atoms with E-state index in [0.717, 1.165) is 25.1 Å². The van der Waals surface area contributed by atoms with E-state index in [9.17, 15) is 4.79 Å². The number of amides is 1. The largest absolute Gasteiger partial charge is 0.502 e. The van der Waals surface area contributed by atoms with Crippen molar-refractivity contribution in [2.45, 2.75) is 25.2 Å². The van der Waals surface area contributed by atoms with Gasteiger partial charge >= 0.3 is 0 Å². The number of hydrogen-bond donors (Lipinski definition) is 2. The normalized spacial score (nSPS) is 14.4. The number of H-pyrrole nitrogens is 1. The molecule has 6 heteroatoms. The van der Waals surface area contributed by atoms with Gasteiger partial charge in [-0.2, -0.15) is 0 Å². The fourth-order valence-electron chi connectivity index (χ4n) is 1.44. The van der Waals surface area contributed by atoms with Crippen molar-refractivity contribution in [3.63, 3.8) is 0 Å². The second-order valence-electron chi connectivity index (χ2n) is 3.97. The highest BCUT2D eigenvalue weighted by atomic mass is 16.5. The first-order chi connectivity index (χ1) is 8.31. The highest BCUT2D eigenvalue weighted by Gasteiger charge is 2.28. The van der Waals surface area contributed by atoms with Crippen LogP contribution in [0, 0.1) is 0 Å². The van der Waals surface area contributed by atoms with Gasteiger partial charge in [-0.1, -0.05) is 6.58 Å². The van der Waals surface area contributed by atoms with Crippen LogP contribution in [-0.4, -0.2) is 34.2 Å². The molecule has 0 saturated heterocycles. The highest BCUT2D eigenvalue weighted by molar-refractivity contribution is 5.90. The molecule has 0 spiro atoms. The first-order valence-corrected chi connectivity index (χ1v) is 5.74. The van der Waals surface area contributed by atoms with Crippen LogP contribution in [-0.2, 0) is 4.74 Å². The van der Waals surface area contributed by atoms with E-state index in [4.69, 9.17) is 4.74 Å². The Bertz CT molecular complexity index is 398. The van der Waals surface area contributed by atoms with Gasteiger partial charge in [-0.15, -0.1) is 5.10 Å². The number of aromatic amines is 1. The van der Waals surface area contributed by atoms with Crippen molar-refractivity contribution in [3.8, 4) is 0 Å². The molecule has 1 aromatic rings. The summed E-state index contributed by atoms with van der Waals surface area (Å²) in [5.41, 5.74) is 0. The molecule has 6 nitrogen and oxygen atoms in total. The fraction of sp³-hybridized carbons (Fsp3) is 0.545. The van der Waals surface area contributed by atoms with Crippen LogP contribution in [0.25, 0.3) is 0 Å². The first kappa shape index (κ1) is 11.6. The van der Waals surface area contributed by atoms with Gasteiger partial charge in [-0.05, 0) is 19.3 Å². The summed E-state index contributed by atoms with van der Waals surface area (Å²) in [5.74, 6) is 1.28. The Hall–Kier alpha value is -1.85. The van der Waals surface area contributed by atoms with Gasteiger partial charge in [0.2, 0.25) is 5.82 Å². The SMILES string of the molecule is C=COCCCNC(=O)c1n[nH]c(C2CC2)n1. The molecule has 17 heavy (non-hydrogen) atoms. The quantitative estimate of drug-likeness (QED) is 0.546. The summed E-state index contributed by atoms with van der Waals surface area (Å²) in [6, 6.07) is 0. The van der Waals surface area contributed by atoms with Crippen molar-refractivity contribution in [2.24, 2.45) is 0 Å². The van der Waals surface area contributed by atoms with Gasteiger partial charge in [-0.3, -0.25) is 9.89 Å². The number of hydrogen-bond acceptors (Lipinski definition) is 4. The molecule has 1 amide bonds. The molecule has 0 unspecified atom stereocenters. The lowest BCUT2D eigenvalue weighted by Gasteiger charge is -2.01. The summed E-state index contributed by atoms with van der Waals surface area (Å²) in [6.45, 7) is 4.52. The molecule has 0 atom stereocenters. The smallest absolute Gasteiger partial charge is 0.290 e. The molecule has 1 heterocycles. The van der Waals surface area contributed by atoms with Crippen LogP contribution >= 0.6 is 0 Å². The van der Waals surface area contributed by atoms with Crippen LogP contribution in [0.4, 0.5) is 0 Å². The number of nitrogens with one attached hydrogen (secondary N) is 2. The van der Waals surface area contributed by atoms with E-state index in [0.29, 0.717) is 19.1 Å². The molecular formula is C11H16N4O2. The number of ether oxygens (including phenoxy) is 1. The van der Waals surface area contributed by atoms with Gasteiger partial charge in [0, 0.05) is 12.5 Å². The summed E-state index contributed by atoms with van der Waals surface area (Å²) < 4.78 is 4.94. The van der Waals surface area contributed by atoms with Crippen LogP contribution in [0.5, 0.6) is 0 Å². The molecule has 2 rings (SSSR count). The van der Waals surface area contributed by atoms with E-state index >= 15 is 0 Å². The monoisotopic (exact) mass is 236 g/mol. The average molecular weight is 236 g/mol. The predicted molar refractivity (Wildman–Crippen MR) is 61.5 cm³/mol. The number of carbonyl (C=O) groups excluding carboxylic acids is 1. The van der Waals surface area contributed by atoms with E-state index in [1.807, 2.05) is 0 Å². The minimum absolute atomic E-state index is 0.219. The van der Waals surface area contributed by atoms with Gasteiger partial charge in [0.25, 0.3) is 5.91 Å². The Balaban J connectivity index is 1.72. The zero-order valence-corrected chi connectivity index (χ0v) is 9.61. The van der Waals surface area contributed by atoms with Crippen LogP contribution in [0.1, 0.15) is 41.6 Å². The van der Waals surface area contributed by atoms with Crippen LogP contribution < -0.4 is 5.32 Å². The maximum Gasteiger partial charge on any atom is 0.290 e. The Morgan fingerprint density at radius 1 is 1.65 bits per heavy atom. The van der Waals surface area contributed by atoms with E-state index < -0.39 is 0 Å². The molecule has 2 N–H and O–H groups in total. The van der Waals surface area contributed by atoms with Crippen LogP contribution in [0.2, 0.25) is 0 Å². The van der Waals surface area contributed by atoms with E-state index in [2.05, 4.69) is 27.1 Å². The summed E-state index contributed by atoms with van der Waals surface area (Å²) in [4.78, 5) is 15.8. The summed E-state index contributed by atoms with van der Waals surface area (Å²) in [5, 5.41) is 9.43. The van der Waals surface area contributed by atoms with Gasteiger partial charge < -0.3 is 10.1 Å². The average Bonchev–Trinajstić information content (AvgIpc) is 3.07. The Labute approximate surface area is 99.5 Å². The minimum Gasteiger partial charge on any atom is -0.502 e. The number of rotatable bonds is 7. The van der Waals surface area contributed by atoms with Crippen molar-refractivity contribution in [1.82, 2.24) is 20.5 Å². The molecule has 1 saturated carbocycles. The van der Waals surface area contributed by atoms with Gasteiger partial charge in [0.05, 0.1) is 12.9 Å². The Kier molecular flexibility index (Phi) is 3.74. The molecule has 0 radical (unpaired) electrons. The topological polar surface area (TPSA) is 79.9 Å². The third kappa shape index (κ3) is 3.30. The molecular weight excluding hydrogens is 220 g/mol. The summed E-state index contributed by atoms with van der Waals surface area (Å²) in [7, 11) is 0. The van der Waals surface area contributed by atoms with Crippen molar-refractivity contribution in [3.05, 3.63) is 24.5 Å². The van der Waals surface area contributed by atoms with E-state index in [-0.39, 0.29) is 11.7 Å². The third-order valence-corrected chi connectivity index (χ3v) is 2.51. The number of carbonyl (C=O) groups is 1. The molecule has 92 valence electrons. The molecule has 1 aromatic heterocycles. The highest BCUT2D eigenvalue weighted by Crippen LogP contribution is 2.37. The van der Waals surface area contributed by atoms with E-state index in [1.54, 1.807) is 0 Å². The Morgan fingerprint density at radius 3 is 3.18 bits per heavy atom. The maximum absolute atomic E-state index is 11.6. The van der Waals surface area contributed by atoms with Crippen molar-refractivity contribution >= 4 is 5.91 Å². The molecule has 0 bridgehead atoms.